The number of benzene rings is 1. The number of aryl methyl sites for hydroxylation is 1. The van der Waals surface area contributed by atoms with Crippen molar-refractivity contribution < 1.29 is 15.0 Å². The van der Waals surface area contributed by atoms with Crippen molar-refractivity contribution in [1.82, 2.24) is 0 Å². The van der Waals surface area contributed by atoms with Crippen LogP contribution >= 0.6 is 0 Å². The number of aliphatic carboxylic acids is 1. The van der Waals surface area contributed by atoms with Gasteiger partial charge < -0.3 is 15.0 Å². The third-order valence-corrected chi connectivity index (χ3v) is 4.75. The molecule has 4 heteroatoms. The molecule has 0 amide bonds. The Morgan fingerprint density at radius 2 is 1.44 bits per heavy atom. The molecule has 0 bridgehead atoms. The molecule has 1 atom stereocenters. The normalized spacial score (nSPS) is 11.1. The molecule has 0 saturated carbocycles. The van der Waals surface area contributed by atoms with E-state index in [0.29, 0.717) is 6.42 Å². The van der Waals surface area contributed by atoms with Gasteiger partial charge in [-0.25, -0.2) is 0 Å². The molecule has 1 aromatic rings. The average Bonchev–Trinajstić information content (AvgIpc) is 2.63. The smallest absolute Gasteiger partial charge is 0.872 e. The molecule has 0 aliphatic heterocycles. The number of carbonyl (C=O) groups excluding carboxylic acids is 1. The van der Waals surface area contributed by atoms with E-state index in [-0.39, 0.29) is 57.1 Å². The quantitative estimate of drug-likeness (QED) is 0.326. The standard InChI is InChI=1S/C15H24O.C8H16O2.Sr/c1-2-3-4-5-6-7-8-11-14-12-9-10-13-15(14)16;1-3-5-6-7(4-2)8(9)10;/h9-10,12-13,16H,2-8,11H2,1H3;7H,3-6H2,1-2H3,(H,9,10);/q;;+2/p-2. The van der Waals surface area contributed by atoms with Crippen LogP contribution in [0.3, 0.4) is 0 Å². The van der Waals surface area contributed by atoms with Crippen molar-refractivity contribution in [3.8, 4) is 5.75 Å². The fourth-order valence-electron chi connectivity index (χ4n) is 2.92. The summed E-state index contributed by atoms with van der Waals surface area (Å²) >= 11 is 0. The van der Waals surface area contributed by atoms with E-state index in [1.165, 1.54) is 38.5 Å². The maximum Gasteiger partial charge on any atom is 2.00 e. The Labute approximate surface area is 204 Å². The Balaban J connectivity index is 0. The van der Waals surface area contributed by atoms with Crippen LogP contribution in [0.15, 0.2) is 24.3 Å². The number of rotatable bonds is 13. The monoisotopic (exact) mass is 450 g/mol. The molecule has 1 unspecified atom stereocenters. The van der Waals surface area contributed by atoms with E-state index in [4.69, 9.17) is 0 Å². The van der Waals surface area contributed by atoms with Gasteiger partial charge in [0.05, 0.1) is 0 Å². The predicted molar refractivity (Wildman–Crippen MR) is 112 cm³/mol. The number of para-hydroxylation sites is 1. The Kier molecular flexibility index (Phi) is 22.4. The van der Waals surface area contributed by atoms with Gasteiger partial charge in [0.15, 0.2) is 0 Å². The second-order valence-corrected chi connectivity index (χ2v) is 7.05. The van der Waals surface area contributed by atoms with Crippen molar-refractivity contribution in [3.05, 3.63) is 29.8 Å². The van der Waals surface area contributed by atoms with Gasteiger partial charge in [0.1, 0.15) is 0 Å². The largest absolute Gasteiger partial charge is 2.00 e. The molecule has 0 aliphatic rings. The Morgan fingerprint density at radius 1 is 0.889 bits per heavy atom. The van der Waals surface area contributed by atoms with Crippen molar-refractivity contribution in [2.45, 2.75) is 97.8 Å². The summed E-state index contributed by atoms with van der Waals surface area (Å²) < 4.78 is 0. The van der Waals surface area contributed by atoms with Gasteiger partial charge in [0.2, 0.25) is 0 Å². The molecular weight excluding hydrogens is 412 g/mol. The summed E-state index contributed by atoms with van der Waals surface area (Å²) in [6.45, 7) is 6.18. The van der Waals surface area contributed by atoms with Crippen LogP contribution in [0.5, 0.6) is 5.75 Å². The van der Waals surface area contributed by atoms with Crippen molar-refractivity contribution in [3.63, 3.8) is 0 Å². The second kappa shape index (κ2) is 20.7. The van der Waals surface area contributed by atoms with Crippen LogP contribution in [0.1, 0.15) is 97.0 Å². The zero-order valence-electron chi connectivity index (χ0n) is 17.8. The number of carboxylic acid groups (broad SMARTS) is 1. The molecule has 0 aromatic heterocycles. The molecule has 0 aliphatic carbocycles. The van der Waals surface area contributed by atoms with Gasteiger partial charge in [-0.1, -0.05) is 102 Å². The Morgan fingerprint density at radius 3 is 1.96 bits per heavy atom. The first-order valence-electron chi connectivity index (χ1n) is 10.5. The number of hydrogen-bond acceptors (Lipinski definition) is 3. The van der Waals surface area contributed by atoms with E-state index in [9.17, 15) is 15.0 Å². The molecule has 0 saturated heterocycles. The zero-order chi connectivity index (χ0) is 19.6. The molecular formula is C23H38O3Sr. The van der Waals surface area contributed by atoms with Crippen molar-refractivity contribution in [1.29, 1.82) is 0 Å². The van der Waals surface area contributed by atoms with Gasteiger partial charge in [-0.15, -0.1) is 5.75 Å². The average molecular weight is 450 g/mol. The molecule has 0 heterocycles. The van der Waals surface area contributed by atoms with E-state index < -0.39 is 5.97 Å². The first kappa shape index (κ1) is 29.2. The van der Waals surface area contributed by atoms with Crippen LogP contribution in [0, 0.1) is 5.92 Å². The predicted octanol–water partition coefficient (Wildman–Crippen LogP) is 4.63. The van der Waals surface area contributed by atoms with Crippen LogP contribution < -0.4 is 10.2 Å². The van der Waals surface area contributed by atoms with E-state index in [2.05, 4.69) is 13.8 Å². The molecule has 150 valence electrons. The first-order valence-corrected chi connectivity index (χ1v) is 10.5. The minimum atomic E-state index is -0.893. The fraction of sp³-hybridized carbons (Fsp3) is 0.696. The molecule has 0 spiro atoms. The number of carboxylic acids is 1. The third kappa shape index (κ3) is 16.6. The summed E-state index contributed by atoms with van der Waals surface area (Å²) in [5.74, 6) is -0.913. The molecule has 3 nitrogen and oxygen atoms in total. The molecule has 27 heavy (non-hydrogen) atoms. The maximum atomic E-state index is 11.4. The van der Waals surface area contributed by atoms with Crippen molar-refractivity contribution >= 4 is 51.5 Å². The Bertz CT molecular complexity index is 463. The van der Waals surface area contributed by atoms with Crippen molar-refractivity contribution in [2.75, 3.05) is 0 Å². The molecule has 0 fully saturated rings. The van der Waals surface area contributed by atoms with Gasteiger partial charge in [0.25, 0.3) is 0 Å². The molecule has 1 rings (SSSR count). The van der Waals surface area contributed by atoms with Crippen LogP contribution in [-0.4, -0.2) is 51.5 Å². The van der Waals surface area contributed by atoms with Crippen LogP contribution in [0.2, 0.25) is 0 Å². The second-order valence-electron chi connectivity index (χ2n) is 7.05. The first-order chi connectivity index (χ1) is 12.6. The van der Waals surface area contributed by atoms with E-state index in [0.717, 1.165) is 37.7 Å². The van der Waals surface area contributed by atoms with Crippen LogP contribution in [0.4, 0.5) is 0 Å². The van der Waals surface area contributed by atoms with Gasteiger partial charge in [0, 0.05) is 5.97 Å². The third-order valence-electron chi connectivity index (χ3n) is 4.75. The van der Waals surface area contributed by atoms with Gasteiger partial charge >= 0.3 is 45.5 Å². The molecule has 0 radical (unpaired) electrons. The summed E-state index contributed by atoms with van der Waals surface area (Å²) in [7, 11) is 0. The molecule has 1 aromatic carbocycles. The topological polar surface area (TPSA) is 63.2 Å². The van der Waals surface area contributed by atoms with E-state index >= 15 is 0 Å². The minimum Gasteiger partial charge on any atom is -0.872 e. The SMILES string of the molecule is CCCCC(CC)C(=O)[O-].CCCCCCCCCc1ccccc1[O-].[Sr+2]. The van der Waals surface area contributed by atoms with Crippen molar-refractivity contribution in [2.24, 2.45) is 5.92 Å². The van der Waals surface area contributed by atoms with Gasteiger partial charge in [-0.2, -0.15) is 0 Å². The van der Waals surface area contributed by atoms with E-state index in [1.807, 2.05) is 25.1 Å². The number of unbranched alkanes of at least 4 members (excludes halogenated alkanes) is 7. The summed E-state index contributed by atoms with van der Waals surface area (Å²) in [4.78, 5) is 10.3. The number of hydrogen-bond donors (Lipinski definition) is 0. The molecule has 0 N–H and O–H groups in total. The van der Waals surface area contributed by atoms with E-state index in [1.54, 1.807) is 6.07 Å². The van der Waals surface area contributed by atoms with Crippen LogP contribution in [-0.2, 0) is 11.2 Å². The van der Waals surface area contributed by atoms with Crippen LogP contribution in [0.25, 0.3) is 0 Å². The van der Waals surface area contributed by atoms with Gasteiger partial charge in [-0.3, -0.25) is 0 Å². The minimum absolute atomic E-state index is 0. The summed E-state index contributed by atoms with van der Waals surface area (Å²) in [5.41, 5.74) is 0.982. The van der Waals surface area contributed by atoms with Gasteiger partial charge in [-0.05, 0) is 31.6 Å². The summed E-state index contributed by atoms with van der Waals surface area (Å²) in [6, 6.07) is 7.39. The Hall–Kier alpha value is -0.0295. The summed E-state index contributed by atoms with van der Waals surface area (Å²) in [5, 5.41) is 21.7. The summed E-state index contributed by atoms with van der Waals surface area (Å²) in [6.07, 6.45) is 13.6. The fourth-order valence-corrected chi connectivity index (χ4v) is 2.92. The zero-order valence-corrected chi connectivity index (χ0v) is 21.3. The maximum absolute atomic E-state index is 11.4. The number of carbonyl (C=O) groups is 1.